The van der Waals surface area contributed by atoms with E-state index in [1.807, 2.05) is 27.7 Å². The summed E-state index contributed by atoms with van der Waals surface area (Å²) in [5.41, 5.74) is -0.138. The van der Waals surface area contributed by atoms with E-state index in [1.165, 1.54) is 6.07 Å². The topological polar surface area (TPSA) is 20.3 Å². The zero-order valence-corrected chi connectivity index (χ0v) is 12.0. The van der Waals surface area contributed by atoms with Crippen molar-refractivity contribution >= 4 is 5.91 Å². The molecule has 2 nitrogen and oxygen atoms in total. The number of hydrogen-bond acceptors (Lipinski definition) is 1. The lowest BCUT2D eigenvalue weighted by Gasteiger charge is -2.30. The lowest BCUT2D eigenvalue weighted by molar-refractivity contribution is 0.0690. The second-order valence-electron chi connectivity index (χ2n) is 5.91. The Morgan fingerprint density at radius 2 is 1.89 bits per heavy atom. The molecule has 0 saturated carbocycles. The number of nitrogens with zero attached hydrogens (tertiary/aromatic N) is 1. The van der Waals surface area contributed by atoms with Gasteiger partial charge in [0.2, 0.25) is 0 Å². The SMILES string of the molecule is CCCN(CC(C)(C)C)C(=O)c1ccc(F)cc1F. The van der Waals surface area contributed by atoms with E-state index in [-0.39, 0.29) is 16.9 Å². The molecule has 0 radical (unpaired) electrons. The molecule has 0 bridgehead atoms. The van der Waals surface area contributed by atoms with E-state index >= 15 is 0 Å². The second kappa shape index (κ2) is 6.13. The van der Waals surface area contributed by atoms with Gasteiger partial charge in [-0.15, -0.1) is 0 Å². The Balaban J connectivity index is 2.99. The molecule has 19 heavy (non-hydrogen) atoms. The van der Waals surface area contributed by atoms with Crippen LogP contribution in [0.3, 0.4) is 0 Å². The standard InChI is InChI=1S/C15H21F2NO/c1-5-8-18(10-15(2,3)4)14(19)12-7-6-11(16)9-13(12)17/h6-7,9H,5,8,10H2,1-4H3. The van der Waals surface area contributed by atoms with Gasteiger partial charge in [-0.25, -0.2) is 8.78 Å². The van der Waals surface area contributed by atoms with Crippen molar-refractivity contribution in [3.63, 3.8) is 0 Å². The maximum absolute atomic E-state index is 13.6. The fourth-order valence-corrected chi connectivity index (χ4v) is 1.93. The molecule has 0 fully saturated rings. The first-order valence-corrected chi connectivity index (χ1v) is 6.49. The zero-order chi connectivity index (χ0) is 14.6. The van der Waals surface area contributed by atoms with Crippen LogP contribution in [0.5, 0.6) is 0 Å². The van der Waals surface area contributed by atoms with Crippen molar-refractivity contribution in [2.75, 3.05) is 13.1 Å². The summed E-state index contributed by atoms with van der Waals surface area (Å²) < 4.78 is 26.5. The summed E-state index contributed by atoms with van der Waals surface area (Å²) >= 11 is 0. The largest absolute Gasteiger partial charge is 0.338 e. The predicted molar refractivity (Wildman–Crippen MR) is 72.0 cm³/mol. The molecule has 0 heterocycles. The number of halogens is 2. The molecule has 4 heteroatoms. The second-order valence-corrected chi connectivity index (χ2v) is 5.91. The first kappa shape index (κ1) is 15.6. The molecule has 1 aromatic carbocycles. The fraction of sp³-hybridized carbons (Fsp3) is 0.533. The molecular weight excluding hydrogens is 248 g/mol. The summed E-state index contributed by atoms with van der Waals surface area (Å²) in [6.45, 7) is 9.12. The molecule has 0 aromatic heterocycles. The maximum Gasteiger partial charge on any atom is 0.256 e. The summed E-state index contributed by atoms with van der Waals surface area (Å²) in [7, 11) is 0. The van der Waals surface area contributed by atoms with E-state index in [0.29, 0.717) is 13.1 Å². The van der Waals surface area contributed by atoms with Crippen LogP contribution in [-0.4, -0.2) is 23.9 Å². The monoisotopic (exact) mass is 269 g/mol. The van der Waals surface area contributed by atoms with Gasteiger partial charge in [0, 0.05) is 19.2 Å². The summed E-state index contributed by atoms with van der Waals surface area (Å²) in [5.74, 6) is -1.86. The quantitative estimate of drug-likeness (QED) is 0.812. The normalized spacial score (nSPS) is 11.5. The Morgan fingerprint density at radius 1 is 1.26 bits per heavy atom. The molecule has 0 aliphatic carbocycles. The molecule has 1 rings (SSSR count). The van der Waals surface area contributed by atoms with Gasteiger partial charge < -0.3 is 4.90 Å². The van der Waals surface area contributed by atoms with Crippen LogP contribution < -0.4 is 0 Å². The van der Waals surface area contributed by atoms with Gasteiger partial charge in [-0.05, 0) is 24.0 Å². The summed E-state index contributed by atoms with van der Waals surface area (Å²) in [6.07, 6.45) is 0.796. The maximum atomic E-state index is 13.6. The van der Waals surface area contributed by atoms with E-state index in [4.69, 9.17) is 0 Å². The van der Waals surface area contributed by atoms with Crippen molar-refractivity contribution in [3.05, 3.63) is 35.4 Å². The van der Waals surface area contributed by atoms with E-state index in [9.17, 15) is 13.6 Å². The van der Waals surface area contributed by atoms with Crippen molar-refractivity contribution in [3.8, 4) is 0 Å². The van der Waals surface area contributed by atoms with E-state index < -0.39 is 11.6 Å². The van der Waals surface area contributed by atoms with E-state index in [1.54, 1.807) is 4.90 Å². The van der Waals surface area contributed by atoms with Crippen molar-refractivity contribution in [1.29, 1.82) is 0 Å². The summed E-state index contributed by atoms with van der Waals surface area (Å²) in [6, 6.07) is 3.06. The van der Waals surface area contributed by atoms with Crippen molar-refractivity contribution < 1.29 is 13.6 Å². The molecule has 0 aliphatic heterocycles. The summed E-state index contributed by atoms with van der Waals surface area (Å²) in [4.78, 5) is 13.9. The Bertz CT molecular complexity index is 452. The van der Waals surface area contributed by atoms with Gasteiger partial charge >= 0.3 is 0 Å². The lowest BCUT2D eigenvalue weighted by atomic mass is 9.95. The number of rotatable bonds is 4. The first-order chi connectivity index (χ1) is 8.74. The number of carbonyl (C=O) groups excluding carboxylic acids is 1. The number of amides is 1. The van der Waals surface area contributed by atoms with Crippen LogP contribution in [0, 0.1) is 17.0 Å². The Morgan fingerprint density at radius 3 is 2.37 bits per heavy atom. The van der Waals surface area contributed by atoms with Crippen LogP contribution >= 0.6 is 0 Å². The molecule has 0 aliphatic rings. The van der Waals surface area contributed by atoms with Gasteiger partial charge in [-0.2, -0.15) is 0 Å². The summed E-state index contributed by atoms with van der Waals surface area (Å²) in [5, 5.41) is 0. The third kappa shape index (κ3) is 4.62. The highest BCUT2D eigenvalue weighted by Gasteiger charge is 2.23. The van der Waals surface area contributed by atoms with Gasteiger partial charge in [0.05, 0.1) is 5.56 Å². The van der Waals surface area contributed by atoms with Crippen molar-refractivity contribution in [2.24, 2.45) is 5.41 Å². The minimum Gasteiger partial charge on any atom is -0.338 e. The molecule has 1 amide bonds. The number of benzene rings is 1. The molecule has 0 N–H and O–H groups in total. The van der Waals surface area contributed by atoms with Crippen LogP contribution in [0.15, 0.2) is 18.2 Å². The Kier molecular flexibility index (Phi) is 5.04. The lowest BCUT2D eigenvalue weighted by Crippen LogP contribution is -2.38. The van der Waals surface area contributed by atoms with E-state index in [0.717, 1.165) is 18.6 Å². The predicted octanol–water partition coefficient (Wildman–Crippen LogP) is 3.86. The molecule has 106 valence electrons. The smallest absolute Gasteiger partial charge is 0.256 e. The van der Waals surface area contributed by atoms with Crippen LogP contribution in [0.2, 0.25) is 0 Å². The third-order valence-corrected chi connectivity index (χ3v) is 2.61. The molecule has 0 unspecified atom stereocenters. The highest BCUT2D eigenvalue weighted by Crippen LogP contribution is 2.19. The minimum absolute atomic E-state index is 0.0681. The highest BCUT2D eigenvalue weighted by molar-refractivity contribution is 5.94. The van der Waals surface area contributed by atoms with Crippen LogP contribution in [-0.2, 0) is 0 Å². The molecule has 0 saturated heterocycles. The minimum atomic E-state index is -0.806. The fourth-order valence-electron chi connectivity index (χ4n) is 1.93. The third-order valence-electron chi connectivity index (χ3n) is 2.61. The zero-order valence-electron chi connectivity index (χ0n) is 12.0. The number of carbonyl (C=O) groups is 1. The van der Waals surface area contributed by atoms with Gasteiger partial charge in [-0.1, -0.05) is 27.7 Å². The van der Waals surface area contributed by atoms with Gasteiger partial charge in [0.25, 0.3) is 5.91 Å². The van der Waals surface area contributed by atoms with Gasteiger partial charge in [0.1, 0.15) is 11.6 Å². The van der Waals surface area contributed by atoms with Crippen molar-refractivity contribution in [1.82, 2.24) is 4.90 Å². The number of hydrogen-bond donors (Lipinski definition) is 0. The van der Waals surface area contributed by atoms with Gasteiger partial charge in [-0.3, -0.25) is 4.79 Å². The van der Waals surface area contributed by atoms with Crippen LogP contribution in [0.1, 0.15) is 44.5 Å². The Labute approximate surface area is 113 Å². The highest BCUT2D eigenvalue weighted by atomic mass is 19.1. The van der Waals surface area contributed by atoms with Crippen LogP contribution in [0.25, 0.3) is 0 Å². The first-order valence-electron chi connectivity index (χ1n) is 6.49. The average molecular weight is 269 g/mol. The molecule has 1 aromatic rings. The molecule has 0 spiro atoms. The molecular formula is C15H21F2NO. The Hall–Kier alpha value is -1.45. The van der Waals surface area contributed by atoms with E-state index in [2.05, 4.69) is 0 Å². The van der Waals surface area contributed by atoms with Gasteiger partial charge in [0.15, 0.2) is 0 Å². The molecule has 0 atom stereocenters. The average Bonchev–Trinajstić information content (AvgIpc) is 2.26. The van der Waals surface area contributed by atoms with Crippen LogP contribution in [0.4, 0.5) is 8.78 Å². The van der Waals surface area contributed by atoms with Crippen molar-refractivity contribution in [2.45, 2.75) is 34.1 Å².